The van der Waals surface area contributed by atoms with Gasteiger partial charge < -0.3 is 14.5 Å². The average Bonchev–Trinajstić information content (AvgIpc) is 2.58. The third-order valence-electron chi connectivity index (χ3n) is 2.12. The van der Waals surface area contributed by atoms with Crippen molar-refractivity contribution in [1.82, 2.24) is 5.16 Å². The maximum absolute atomic E-state index is 10.6. The highest BCUT2D eigenvalue weighted by atomic mass is 16.5. The lowest BCUT2D eigenvalue weighted by atomic mass is 10.2. The zero-order valence-electron chi connectivity index (χ0n) is 9.93. The van der Waals surface area contributed by atoms with Crippen LogP contribution >= 0.6 is 0 Å². The molecule has 0 spiro atoms. The van der Waals surface area contributed by atoms with Crippen LogP contribution in [0.15, 0.2) is 10.6 Å². The summed E-state index contributed by atoms with van der Waals surface area (Å²) in [6.45, 7) is 7.22. The van der Waals surface area contributed by atoms with Crippen LogP contribution in [0, 0.1) is 12.8 Å². The molecule has 1 aromatic rings. The lowest BCUT2D eigenvalue weighted by Gasteiger charge is -2.22. The molecule has 90 valence electrons. The molecule has 1 aromatic heterocycles. The van der Waals surface area contributed by atoms with E-state index in [1.807, 2.05) is 17.9 Å². The van der Waals surface area contributed by atoms with Gasteiger partial charge in [0.15, 0.2) is 5.82 Å². The summed E-state index contributed by atoms with van der Waals surface area (Å²) in [5, 5.41) is 12.6. The zero-order valence-corrected chi connectivity index (χ0v) is 9.93. The van der Waals surface area contributed by atoms with E-state index < -0.39 is 5.97 Å². The second-order valence-corrected chi connectivity index (χ2v) is 4.28. The summed E-state index contributed by atoms with van der Waals surface area (Å²) in [5.74, 6) is 1.10. The summed E-state index contributed by atoms with van der Waals surface area (Å²) in [6.07, 6.45) is 0.110. The molecule has 0 fully saturated rings. The van der Waals surface area contributed by atoms with Gasteiger partial charge in [-0.05, 0) is 12.8 Å². The van der Waals surface area contributed by atoms with Crippen molar-refractivity contribution in [2.24, 2.45) is 5.92 Å². The van der Waals surface area contributed by atoms with Crippen molar-refractivity contribution in [1.29, 1.82) is 0 Å². The number of carboxylic acid groups (broad SMARTS) is 1. The van der Waals surface area contributed by atoms with Gasteiger partial charge in [0.2, 0.25) is 0 Å². The molecule has 0 saturated heterocycles. The normalized spacial score (nSPS) is 10.8. The topological polar surface area (TPSA) is 66.6 Å². The van der Waals surface area contributed by atoms with Crippen LogP contribution in [-0.4, -0.2) is 29.3 Å². The van der Waals surface area contributed by atoms with E-state index in [1.165, 1.54) is 0 Å². The quantitative estimate of drug-likeness (QED) is 0.802. The number of nitrogens with zero attached hydrogens (tertiary/aromatic N) is 2. The molecule has 0 aliphatic heterocycles. The van der Waals surface area contributed by atoms with Gasteiger partial charge in [-0.3, -0.25) is 4.79 Å². The Bertz CT molecular complexity index is 347. The molecule has 0 aromatic carbocycles. The smallest absolute Gasteiger partial charge is 0.305 e. The molecule has 0 aliphatic carbocycles. The largest absolute Gasteiger partial charge is 0.481 e. The van der Waals surface area contributed by atoms with Crippen molar-refractivity contribution in [3.63, 3.8) is 0 Å². The van der Waals surface area contributed by atoms with Gasteiger partial charge in [-0.1, -0.05) is 19.0 Å². The van der Waals surface area contributed by atoms with Gasteiger partial charge in [-0.25, -0.2) is 0 Å². The Morgan fingerprint density at radius 1 is 1.62 bits per heavy atom. The predicted octanol–water partition coefficient (Wildman–Crippen LogP) is 1.92. The number of carboxylic acids is 1. The van der Waals surface area contributed by atoms with Gasteiger partial charge in [0.05, 0.1) is 6.42 Å². The molecular formula is C11H18N2O3. The third-order valence-corrected chi connectivity index (χ3v) is 2.12. The average molecular weight is 226 g/mol. The molecule has 1 heterocycles. The Hall–Kier alpha value is -1.52. The second kappa shape index (κ2) is 5.53. The lowest BCUT2D eigenvalue weighted by molar-refractivity contribution is -0.136. The summed E-state index contributed by atoms with van der Waals surface area (Å²) in [7, 11) is 0. The van der Waals surface area contributed by atoms with E-state index in [0.717, 1.165) is 12.3 Å². The van der Waals surface area contributed by atoms with E-state index in [0.29, 0.717) is 18.3 Å². The first-order valence-corrected chi connectivity index (χ1v) is 5.39. The number of rotatable bonds is 6. The predicted molar refractivity (Wildman–Crippen MR) is 60.5 cm³/mol. The SMILES string of the molecule is Cc1cc(N(CCC(=O)O)CC(C)C)no1. The second-order valence-electron chi connectivity index (χ2n) is 4.28. The number of aliphatic carboxylic acids is 1. The highest BCUT2D eigenvalue weighted by Gasteiger charge is 2.13. The van der Waals surface area contributed by atoms with E-state index in [9.17, 15) is 4.79 Å². The van der Waals surface area contributed by atoms with Gasteiger partial charge in [0, 0.05) is 19.2 Å². The number of carbonyl (C=O) groups is 1. The van der Waals surface area contributed by atoms with E-state index in [-0.39, 0.29) is 6.42 Å². The van der Waals surface area contributed by atoms with Gasteiger partial charge in [-0.2, -0.15) is 0 Å². The minimum atomic E-state index is -0.797. The molecule has 0 atom stereocenters. The fourth-order valence-corrected chi connectivity index (χ4v) is 1.47. The van der Waals surface area contributed by atoms with Crippen LogP contribution < -0.4 is 4.90 Å². The third kappa shape index (κ3) is 3.92. The van der Waals surface area contributed by atoms with Gasteiger partial charge in [0.1, 0.15) is 5.76 Å². The van der Waals surface area contributed by atoms with Crippen LogP contribution in [0.2, 0.25) is 0 Å². The highest BCUT2D eigenvalue weighted by Crippen LogP contribution is 2.15. The zero-order chi connectivity index (χ0) is 12.1. The summed E-state index contributed by atoms with van der Waals surface area (Å²) in [4.78, 5) is 12.5. The Labute approximate surface area is 95.0 Å². The fourth-order valence-electron chi connectivity index (χ4n) is 1.47. The monoisotopic (exact) mass is 226 g/mol. The minimum absolute atomic E-state index is 0.110. The molecule has 0 radical (unpaired) electrons. The summed E-state index contributed by atoms with van der Waals surface area (Å²) < 4.78 is 4.99. The Morgan fingerprint density at radius 2 is 2.31 bits per heavy atom. The van der Waals surface area contributed by atoms with Gasteiger partial charge >= 0.3 is 5.97 Å². The Kier molecular flexibility index (Phi) is 4.34. The summed E-state index contributed by atoms with van der Waals surface area (Å²) in [5.41, 5.74) is 0. The summed E-state index contributed by atoms with van der Waals surface area (Å²) in [6, 6.07) is 1.82. The van der Waals surface area contributed by atoms with E-state index in [1.54, 1.807) is 0 Å². The highest BCUT2D eigenvalue weighted by molar-refractivity contribution is 5.67. The van der Waals surface area contributed by atoms with Gasteiger partial charge in [0.25, 0.3) is 0 Å². The van der Waals surface area contributed by atoms with Crippen molar-refractivity contribution in [3.8, 4) is 0 Å². The standard InChI is InChI=1S/C11H18N2O3/c1-8(2)7-13(5-4-11(14)15)10-6-9(3)16-12-10/h6,8H,4-5,7H2,1-3H3,(H,14,15). The molecule has 0 bridgehead atoms. The van der Waals surface area contributed by atoms with Crippen LogP contribution in [0.1, 0.15) is 26.0 Å². The van der Waals surface area contributed by atoms with E-state index >= 15 is 0 Å². The summed E-state index contributed by atoms with van der Waals surface area (Å²) >= 11 is 0. The van der Waals surface area contributed by atoms with Crippen LogP contribution in [-0.2, 0) is 4.79 Å². The van der Waals surface area contributed by atoms with Crippen molar-refractivity contribution in [2.75, 3.05) is 18.0 Å². The first-order chi connectivity index (χ1) is 7.49. The van der Waals surface area contributed by atoms with Crippen molar-refractivity contribution in [3.05, 3.63) is 11.8 Å². The molecule has 5 heteroatoms. The molecule has 1 N–H and O–H groups in total. The molecule has 16 heavy (non-hydrogen) atoms. The number of hydrogen-bond donors (Lipinski definition) is 1. The maximum Gasteiger partial charge on any atom is 0.305 e. The van der Waals surface area contributed by atoms with Crippen LogP contribution in [0.3, 0.4) is 0 Å². The van der Waals surface area contributed by atoms with Crippen LogP contribution in [0.25, 0.3) is 0 Å². The first-order valence-electron chi connectivity index (χ1n) is 5.39. The van der Waals surface area contributed by atoms with E-state index in [4.69, 9.17) is 9.63 Å². The van der Waals surface area contributed by atoms with Crippen LogP contribution in [0.5, 0.6) is 0 Å². The molecule has 1 rings (SSSR count). The van der Waals surface area contributed by atoms with Crippen molar-refractivity contribution < 1.29 is 14.4 Å². The Balaban J connectivity index is 2.66. The number of hydrogen-bond acceptors (Lipinski definition) is 4. The molecular weight excluding hydrogens is 208 g/mol. The number of anilines is 1. The fraction of sp³-hybridized carbons (Fsp3) is 0.636. The lowest BCUT2D eigenvalue weighted by Crippen LogP contribution is -2.30. The molecule has 0 unspecified atom stereocenters. The number of aryl methyl sites for hydroxylation is 1. The molecule has 0 saturated carbocycles. The number of aromatic nitrogens is 1. The van der Waals surface area contributed by atoms with Crippen molar-refractivity contribution >= 4 is 11.8 Å². The first kappa shape index (κ1) is 12.5. The molecule has 0 aliphatic rings. The van der Waals surface area contributed by atoms with E-state index in [2.05, 4.69) is 19.0 Å². The minimum Gasteiger partial charge on any atom is -0.481 e. The maximum atomic E-state index is 10.6. The van der Waals surface area contributed by atoms with Crippen LogP contribution in [0.4, 0.5) is 5.82 Å². The molecule has 0 amide bonds. The Morgan fingerprint density at radius 3 is 2.75 bits per heavy atom. The molecule has 5 nitrogen and oxygen atoms in total. The van der Waals surface area contributed by atoms with Crippen molar-refractivity contribution in [2.45, 2.75) is 27.2 Å². The van der Waals surface area contributed by atoms with Gasteiger partial charge in [-0.15, -0.1) is 0 Å².